The molecule has 0 spiro atoms. The van der Waals surface area contributed by atoms with Crippen LogP contribution in [0.3, 0.4) is 0 Å². The minimum Gasteiger partial charge on any atom is -0.369 e. The van der Waals surface area contributed by atoms with Crippen molar-refractivity contribution in [2.45, 2.75) is 33.4 Å². The maximum atomic E-state index is 4.48. The third kappa shape index (κ3) is 3.11. The molecule has 116 valence electrons. The normalized spacial score (nSPS) is 10.8. The molecule has 0 saturated heterocycles. The maximum absolute atomic E-state index is 4.48. The molecule has 0 aliphatic carbocycles. The summed E-state index contributed by atoms with van der Waals surface area (Å²) in [6, 6.07) is 8.66. The maximum Gasteiger partial charge on any atom is 0.161 e. The van der Waals surface area contributed by atoms with Gasteiger partial charge in [-0.25, -0.2) is 9.98 Å². The fraction of sp³-hybridized carbons (Fsp3) is 0.333. The Kier molecular flexibility index (Phi) is 4.81. The van der Waals surface area contributed by atoms with Crippen LogP contribution in [0.4, 0.5) is 5.82 Å². The van der Waals surface area contributed by atoms with Gasteiger partial charge in [-0.15, -0.1) is 0 Å². The van der Waals surface area contributed by atoms with Gasteiger partial charge in [-0.05, 0) is 38.6 Å². The topological polar surface area (TPSA) is 33.4 Å². The molecule has 0 saturated carbocycles. The van der Waals surface area contributed by atoms with Crippen molar-refractivity contribution in [3.8, 4) is 0 Å². The summed E-state index contributed by atoms with van der Waals surface area (Å²) in [4.78, 5) is 10.7. The number of hydrogen-bond acceptors (Lipinski definition) is 3. The van der Waals surface area contributed by atoms with E-state index in [0.29, 0.717) is 0 Å². The third-order valence-electron chi connectivity index (χ3n) is 3.88. The van der Waals surface area contributed by atoms with Crippen molar-refractivity contribution < 1.29 is 0 Å². The van der Waals surface area contributed by atoms with E-state index < -0.39 is 0 Å². The molecule has 0 unspecified atom stereocenters. The van der Waals surface area contributed by atoms with Crippen LogP contribution < -0.4 is 0 Å². The van der Waals surface area contributed by atoms with Crippen LogP contribution in [0.5, 0.6) is 0 Å². The standard InChI is InChI=1S/C18H24N4/c1-13(2)22-12-20-17(18(22)19-5)15(4)21(6)11-16-10-8-7-9-14(16)3/h7-10,12-13H,4-5,11H2,1-3,6H3. The Hall–Kier alpha value is -2.36. The monoisotopic (exact) mass is 296 g/mol. The molecule has 2 aromatic rings. The molecule has 4 nitrogen and oxygen atoms in total. The van der Waals surface area contributed by atoms with Crippen LogP contribution >= 0.6 is 0 Å². The third-order valence-corrected chi connectivity index (χ3v) is 3.88. The lowest BCUT2D eigenvalue weighted by Crippen LogP contribution is -2.16. The van der Waals surface area contributed by atoms with Gasteiger partial charge in [0, 0.05) is 19.6 Å². The molecule has 0 aliphatic heterocycles. The van der Waals surface area contributed by atoms with E-state index in [-0.39, 0.29) is 6.04 Å². The van der Waals surface area contributed by atoms with E-state index in [2.05, 4.69) is 73.2 Å². The quantitative estimate of drug-likeness (QED) is 0.748. The molecule has 1 aromatic carbocycles. The highest BCUT2D eigenvalue weighted by Gasteiger charge is 2.17. The molecule has 22 heavy (non-hydrogen) atoms. The second-order valence-corrected chi connectivity index (χ2v) is 5.81. The smallest absolute Gasteiger partial charge is 0.161 e. The number of aliphatic imine (C=N–C) groups is 1. The first-order valence-corrected chi connectivity index (χ1v) is 7.44. The zero-order valence-electron chi connectivity index (χ0n) is 13.9. The highest BCUT2D eigenvalue weighted by molar-refractivity contribution is 5.68. The predicted molar refractivity (Wildman–Crippen MR) is 93.5 cm³/mol. The van der Waals surface area contributed by atoms with Crippen LogP contribution in [-0.4, -0.2) is 28.2 Å². The Bertz CT molecular complexity index is 682. The Balaban J connectivity index is 2.25. The minimum atomic E-state index is 0.288. The van der Waals surface area contributed by atoms with E-state index in [1.165, 1.54) is 11.1 Å². The summed E-state index contributed by atoms with van der Waals surface area (Å²) in [5.74, 6) is 0.775. The summed E-state index contributed by atoms with van der Waals surface area (Å²) >= 11 is 0. The van der Waals surface area contributed by atoms with Crippen molar-refractivity contribution >= 4 is 18.2 Å². The van der Waals surface area contributed by atoms with Crippen LogP contribution in [-0.2, 0) is 6.54 Å². The average molecular weight is 296 g/mol. The van der Waals surface area contributed by atoms with Gasteiger partial charge in [0.25, 0.3) is 0 Å². The molecular weight excluding hydrogens is 272 g/mol. The van der Waals surface area contributed by atoms with Crippen molar-refractivity contribution in [2.75, 3.05) is 7.05 Å². The average Bonchev–Trinajstić information content (AvgIpc) is 2.92. The number of benzene rings is 1. The zero-order chi connectivity index (χ0) is 16.3. The van der Waals surface area contributed by atoms with Crippen LogP contribution in [0.2, 0.25) is 0 Å². The molecule has 4 heteroatoms. The highest BCUT2D eigenvalue weighted by Crippen LogP contribution is 2.29. The Morgan fingerprint density at radius 3 is 2.64 bits per heavy atom. The van der Waals surface area contributed by atoms with Gasteiger partial charge in [-0.1, -0.05) is 30.8 Å². The number of hydrogen-bond donors (Lipinski definition) is 0. The van der Waals surface area contributed by atoms with Crippen molar-refractivity contribution in [3.05, 3.63) is 54.0 Å². The molecule has 2 rings (SSSR count). The van der Waals surface area contributed by atoms with E-state index >= 15 is 0 Å². The molecule has 0 fully saturated rings. The number of aryl methyl sites for hydroxylation is 1. The second kappa shape index (κ2) is 6.60. The number of rotatable bonds is 6. The van der Waals surface area contributed by atoms with Gasteiger partial charge in [0.15, 0.2) is 5.82 Å². The Morgan fingerprint density at radius 1 is 1.36 bits per heavy atom. The van der Waals surface area contributed by atoms with E-state index in [0.717, 1.165) is 23.8 Å². The predicted octanol–water partition coefficient (Wildman–Crippen LogP) is 4.21. The van der Waals surface area contributed by atoms with E-state index in [9.17, 15) is 0 Å². The SMILES string of the molecule is C=Nc1c(C(=C)N(C)Cc2ccccc2C)ncn1C(C)C. The van der Waals surface area contributed by atoms with Gasteiger partial charge in [0.2, 0.25) is 0 Å². The first kappa shape index (κ1) is 16.0. The fourth-order valence-electron chi connectivity index (χ4n) is 2.41. The molecule has 0 atom stereocenters. The summed E-state index contributed by atoms with van der Waals surface area (Å²) in [5, 5.41) is 0. The molecule has 1 heterocycles. The lowest BCUT2D eigenvalue weighted by atomic mass is 10.1. The lowest BCUT2D eigenvalue weighted by molar-refractivity contribution is 0.473. The second-order valence-electron chi connectivity index (χ2n) is 5.81. The Morgan fingerprint density at radius 2 is 2.05 bits per heavy atom. The summed E-state index contributed by atoms with van der Waals surface area (Å²) in [7, 11) is 2.02. The van der Waals surface area contributed by atoms with E-state index in [4.69, 9.17) is 0 Å². The summed E-state index contributed by atoms with van der Waals surface area (Å²) in [6.45, 7) is 15.0. The molecular formula is C18H24N4. The van der Waals surface area contributed by atoms with Crippen LogP contribution in [0, 0.1) is 6.92 Å². The van der Waals surface area contributed by atoms with Crippen LogP contribution in [0.15, 0.2) is 42.2 Å². The van der Waals surface area contributed by atoms with Crippen molar-refractivity contribution in [2.24, 2.45) is 4.99 Å². The molecule has 0 radical (unpaired) electrons. The summed E-state index contributed by atoms with van der Waals surface area (Å²) in [5.41, 5.74) is 4.20. The Labute approximate surface area is 132 Å². The van der Waals surface area contributed by atoms with E-state index in [1.807, 2.05) is 11.6 Å². The molecule has 0 amide bonds. The molecule has 0 N–H and O–H groups in total. The van der Waals surface area contributed by atoms with Gasteiger partial charge in [-0.3, -0.25) is 0 Å². The molecule has 0 bridgehead atoms. The van der Waals surface area contributed by atoms with Gasteiger partial charge in [0.1, 0.15) is 5.69 Å². The first-order chi connectivity index (χ1) is 10.5. The largest absolute Gasteiger partial charge is 0.369 e. The first-order valence-electron chi connectivity index (χ1n) is 7.44. The number of imidazole rings is 1. The molecule has 1 aromatic heterocycles. The van der Waals surface area contributed by atoms with Crippen molar-refractivity contribution in [1.29, 1.82) is 0 Å². The molecule has 0 aliphatic rings. The summed E-state index contributed by atoms with van der Waals surface area (Å²) < 4.78 is 2.01. The van der Waals surface area contributed by atoms with Gasteiger partial charge in [-0.2, -0.15) is 0 Å². The highest BCUT2D eigenvalue weighted by atomic mass is 15.2. The fourth-order valence-corrected chi connectivity index (χ4v) is 2.41. The van der Waals surface area contributed by atoms with Crippen molar-refractivity contribution in [1.82, 2.24) is 14.5 Å². The zero-order valence-corrected chi connectivity index (χ0v) is 13.9. The number of aromatic nitrogens is 2. The van der Waals surface area contributed by atoms with Gasteiger partial charge in [0.05, 0.1) is 12.0 Å². The summed E-state index contributed by atoms with van der Waals surface area (Å²) in [6.07, 6.45) is 1.80. The van der Waals surface area contributed by atoms with Gasteiger partial charge >= 0.3 is 0 Å². The van der Waals surface area contributed by atoms with Crippen LogP contribution in [0.25, 0.3) is 5.70 Å². The van der Waals surface area contributed by atoms with E-state index in [1.54, 1.807) is 6.33 Å². The van der Waals surface area contributed by atoms with Crippen LogP contribution in [0.1, 0.15) is 36.7 Å². The number of nitrogens with zero attached hydrogens (tertiary/aromatic N) is 4. The lowest BCUT2D eigenvalue weighted by Gasteiger charge is -2.22. The minimum absolute atomic E-state index is 0.288. The van der Waals surface area contributed by atoms with Crippen molar-refractivity contribution in [3.63, 3.8) is 0 Å². The van der Waals surface area contributed by atoms with Gasteiger partial charge < -0.3 is 9.47 Å².